The number of carbonyl (C=O) groups excluding carboxylic acids is 1. The van der Waals surface area contributed by atoms with Gasteiger partial charge in [0.15, 0.2) is 5.96 Å². The van der Waals surface area contributed by atoms with Crippen LogP contribution in [0.4, 0.5) is 0 Å². The fourth-order valence-corrected chi connectivity index (χ4v) is 3.33. The summed E-state index contributed by atoms with van der Waals surface area (Å²) in [4.78, 5) is 18.6. The van der Waals surface area contributed by atoms with E-state index in [-0.39, 0.29) is 29.9 Å². The molecule has 1 aromatic heterocycles. The Hall–Kier alpha value is -2.10. The highest BCUT2D eigenvalue weighted by atomic mass is 127. The van der Waals surface area contributed by atoms with Gasteiger partial charge in [-0.05, 0) is 37.0 Å². The summed E-state index contributed by atoms with van der Waals surface area (Å²) in [7, 11) is 0. The summed E-state index contributed by atoms with van der Waals surface area (Å²) in [5, 5.41) is 10.9. The molecule has 0 bridgehead atoms. The van der Waals surface area contributed by atoms with Crippen molar-refractivity contribution in [1.82, 2.24) is 25.3 Å². The van der Waals surface area contributed by atoms with Gasteiger partial charge in [-0.2, -0.15) is 5.10 Å². The number of rotatable bonds is 9. The Morgan fingerprint density at radius 1 is 1.21 bits per heavy atom. The molecule has 8 heteroatoms. The third-order valence-electron chi connectivity index (χ3n) is 4.82. The second-order valence-electron chi connectivity index (χ2n) is 6.93. The fourth-order valence-electron chi connectivity index (χ4n) is 3.33. The molecule has 1 aromatic carbocycles. The van der Waals surface area contributed by atoms with Crippen LogP contribution in [0.5, 0.6) is 0 Å². The fraction of sp³-hybridized carbons (Fsp3) is 0.476. The van der Waals surface area contributed by atoms with Crippen LogP contribution in [0, 0.1) is 0 Å². The minimum atomic E-state index is 0. The first-order chi connectivity index (χ1) is 13.8. The van der Waals surface area contributed by atoms with Gasteiger partial charge in [0.2, 0.25) is 5.91 Å². The van der Waals surface area contributed by atoms with Gasteiger partial charge in [0.1, 0.15) is 0 Å². The van der Waals surface area contributed by atoms with Gasteiger partial charge in [-0.25, -0.2) is 4.99 Å². The smallest absolute Gasteiger partial charge is 0.222 e. The second kappa shape index (κ2) is 12.5. The van der Waals surface area contributed by atoms with E-state index in [1.54, 1.807) is 6.20 Å². The third kappa shape index (κ3) is 7.34. The second-order valence-corrected chi connectivity index (χ2v) is 6.93. The lowest BCUT2D eigenvalue weighted by Gasteiger charge is -2.18. The van der Waals surface area contributed by atoms with E-state index in [0.717, 1.165) is 50.5 Å². The van der Waals surface area contributed by atoms with Crippen LogP contribution in [0.3, 0.4) is 0 Å². The van der Waals surface area contributed by atoms with Gasteiger partial charge < -0.3 is 15.5 Å². The van der Waals surface area contributed by atoms with Crippen LogP contribution in [0.25, 0.3) is 0 Å². The molecule has 2 aromatic rings. The van der Waals surface area contributed by atoms with Gasteiger partial charge in [0, 0.05) is 51.5 Å². The topological polar surface area (TPSA) is 74.6 Å². The molecule has 29 heavy (non-hydrogen) atoms. The number of aliphatic imine (C=N–C) groups is 1. The van der Waals surface area contributed by atoms with E-state index in [9.17, 15) is 4.79 Å². The van der Waals surface area contributed by atoms with Crippen molar-refractivity contribution in [3.05, 3.63) is 53.9 Å². The highest BCUT2D eigenvalue weighted by Gasteiger charge is 2.20. The largest absolute Gasteiger partial charge is 0.357 e. The van der Waals surface area contributed by atoms with E-state index in [0.29, 0.717) is 19.5 Å². The molecule has 3 rings (SSSR count). The zero-order chi connectivity index (χ0) is 19.6. The van der Waals surface area contributed by atoms with Crippen molar-refractivity contribution in [2.75, 3.05) is 19.6 Å². The quantitative estimate of drug-likeness (QED) is 0.236. The van der Waals surface area contributed by atoms with Crippen LogP contribution in [-0.4, -0.2) is 46.2 Å². The number of nitrogens with one attached hydrogen (secondary N) is 2. The summed E-state index contributed by atoms with van der Waals surface area (Å²) < 4.78 is 1.93. The number of likely N-dealkylation sites (tertiary alicyclic amines) is 1. The molecule has 0 aliphatic carbocycles. The van der Waals surface area contributed by atoms with E-state index >= 15 is 0 Å². The van der Waals surface area contributed by atoms with E-state index in [4.69, 9.17) is 4.99 Å². The zero-order valence-corrected chi connectivity index (χ0v) is 19.3. The summed E-state index contributed by atoms with van der Waals surface area (Å²) in [5.74, 6) is 1.07. The highest BCUT2D eigenvalue weighted by Crippen LogP contribution is 2.17. The maximum absolute atomic E-state index is 11.9. The summed E-state index contributed by atoms with van der Waals surface area (Å²) in [6.07, 6.45) is 6.38. The maximum Gasteiger partial charge on any atom is 0.222 e. The first-order valence-corrected chi connectivity index (χ1v) is 10.1. The van der Waals surface area contributed by atoms with Gasteiger partial charge in [0.25, 0.3) is 0 Å². The minimum absolute atomic E-state index is 0. The normalized spacial score (nSPS) is 14.0. The van der Waals surface area contributed by atoms with Crippen molar-refractivity contribution < 1.29 is 4.79 Å². The number of amides is 1. The molecule has 1 aliphatic rings. The van der Waals surface area contributed by atoms with Gasteiger partial charge >= 0.3 is 0 Å². The summed E-state index contributed by atoms with van der Waals surface area (Å²) >= 11 is 0. The van der Waals surface area contributed by atoms with E-state index < -0.39 is 0 Å². The molecular formula is C21H31IN6O. The number of hydrogen-bond acceptors (Lipinski definition) is 3. The number of nitrogens with zero attached hydrogens (tertiary/aromatic N) is 4. The van der Waals surface area contributed by atoms with Crippen molar-refractivity contribution in [3.8, 4) is 0 Å². The molecule has 2 heterocycles. The van der Waals surface area contributed by atoms with Crippen LogP contribution in [0.15, 0.2) is 47.7 Å². The first kappa shape index (κ1) is 23.2. The number of guanidine groups is 1. The molecule has 7 nitrogen and oxygen atoms in total. The molecular weight excluding hydrogens is 479 g/mol. The minimum Gasteiger partial charge on any atom is -0.357 e. The van der Waals surface area contributed by atoms with Crippen molar-refractivity contribution in [3.63, 3.8) is 0 Å². The Balaban J connectivity index is 0.00000300. The standard InChI is InChI=1S/C21H30N6O.HI/c1-2-22-21(23-11-6-14-27-15-7-12-25-27)24-16-18-8-3-4-9-19(18)17-26-13-5-10-20(26)28;/h3-4,7-9,12,15H,2,5-6,10-11,13-14,16-17H2,1H3,(H2,22,23,24);1H. The van der Waals surface area contributed by atoms with Gasteiger partial charge in [-0.1, -0.05) is 24.3 Å². The molecule has 0 spiro atoms. The average Bonchev–Trinajstić information content (AvgIpc) is 3.36. The number of aromatic nitrogens is 2. The van der Waals surface area contributed by atoms with Crippen LogP contribution >= 0.6 is 24.0 Å². The Kier molecular flexibility index (Phi) is 9.96. The molecule has 158 valence electrons. The van der Waals surface area contributed by atoms with Crippen molar-refractivity contribution in [2.24, 2.45) is 4.99 Å². The van der Waals surface area contributed by atoms with E-state index in [1.807, 2.05) is 34.0 Å². The number of benzene rings is 1. The van der Waals surface area contributed by atoms with Crippen LogP contribution in [-0.2, 0) is 24.4 Å². The molecule has 1 saturated heterocycles. The number of carbonyl (C=O) groups is 1. The average molecular weight is 510 g/mol. The van der Waals surface area contributed by atoms with Gasteiger partial charge in [0.05, 0.1) is 6.54 Å². The Labute approximate surface area is 190 Å². The lowest BCUT2D eigenvalue weighted by Crippen LogP contribution is -2.38. The molecule has 0 saturated carbocycles. The monoisotopic (exact) mass is 510 g/mol. The van der Waals surface area contributed by atoms with Crippen LogP contribution < -0.4 is 10.6 Å². The molecule has 0 unspecified atom stereocenters. The third-order valence-corrected chi connectivity index (χ3v) is 4.82. The predicted octanol–water partition coefficient (Wildman–Crippen LogP) is 2.77. The number of halogens is 1. The lowest BCUT2D eigenvalue weighted by molar-refractivity contribution is -0.128. The van der Waals surface area contributed by atoms with Crippen molar-refractivity contribution in [1.29, 1.82) is 0 Å². The maximum atomic E-state index is 11.9. The molecule has 1 amide bonds. The molecule has 2 N–H and O–H groups in total. The Bertz CT molecular complexity index is 777. The Morgan fingerprint density at radius 3 is 2.72 bits per heavy atom. The first-order valence-electron chi connectivity index (χ1n) is 10.1. The Morgan fingerprint density at radius 2 is 2.03 bits per heavy atom. The van der Waals surface area contributed by atoms with Gasteiger partial charge in [-0.15, -0.1) is 24.0 Å². The summed E-state index contributed by atoms with van der Waals surface area (Å²) in [5.41, 5.74) is 2.34. The molecule has 1 aliphatic heterocycles. The summed E-state index contributed by atoms with van der Waals surface area (Å²) in [6, 6.07) is 10.2. The number of hydrogen-bond donors (Lipinski definition) is 2. The van der Waals surface area contributed by atoms with Crippen LogP contribution in [0.2, 0.25) is 0 Å². The molecule has 1 fully saturated rings. The molecule has 0 atom stereocenters. The molecule has 0 radical (unpaired) electrons. The SMILES string of the molecule is CCNC(=NCc1ccccc1CN1CCCC1=O)NCCCn1cccn1.I. The van der Waals surface area contributed by atoms with Crippen molar-refractivity contribution in [2.45, 2.75) is 45.8 Å². The zero-order valence-electron chi connectivity index (χ0n) is 17.0. The number of aryl methyl sites for hydroxylation is 1. The highest BCUT2D eigenvalue weighted by molar-refractivity contribution is 14.0. The lowest BCUT2D eigenvalue weighted by atomic mass is 10.1. The summed E-state index contributed by atoms with van der Waals surface area (Å²) in [6.45, 7) is 6.71. The van der Waals surface area contributed by atoms with E-state index in [2.05, 4.69) is 34.8 Å². The van der Waals surface area contributed by atoms with E-state index in [1.165, 1.54) is 5.56 Å². The van der Waals surface area contributed by atoms with Crippen molar-refractivity contribution >= 4 is 35.8 Å². The van der Waals surface area contributed by atoms with Crippen LogP contribution in [0.1, 0.15) is 37.3 Å². The van der Waals surface area contributed by atoms with Gasteiger partial charge in [-0.3, -0.25) is 9.48 Å². The predicted molar refractivity (Wildman–Crippen MR) is 126 cm³/mol.